The molecule has 0 aliphatic carbocycles. The molecular weight excluding hydrogens is 270 g/mol. The molecule has 0 spiro atoms. The van der Waals surface area contributed by atoms with Gasteiger partial charge >= 0.3 is 0 Å². The van der Waals surface area contributed by atoms with Crippen LogP contribution in [-0.2, 0) is 14.8 Å². The van der Waals surface area contributed by atoms with Crippen LogP contribution in [0.2, 0.25) is 0 Å². The van der Waals surface area contributed by atoms with Crippen molar-refractivity contribution >= 4 is 38.2 Å². The Kier molecular flexibility index (Phi) is 4.91. The minimum absolute atomic E-state index is 0.174. The highest BCUT2D eigenvalue weighted by atomic mass is 35.5. The predicted molar refractivity (Wildman–Crippen MR) is 64.3 cm³/mol. The van der Waals surface area contributed by atoms with Gasteiger partial charge in [-0.1, -0.05) is 0 Å². The molecular formula is C9H12ClNO3S2. The first-order valence-electron chi connectivity index (χ1n) is 4.66. The lowest BCUT2D eigenvalue weighted by Crippen LogP contribution is -2.24. The number of carbonyl (C=O) groups is 1. The molecule has 1 rings (SSSR count). The monoisotopic (exact) mass is 281 g/mol. The van der Waals surface area contributed by atoms with Crippen molar-refractivity contribution in [1.82, 2.24) is 4.72 Å². The number of hydrogen-bond donors (Lipinski definition) is 1. The summed E-state index contributed by atoms with van der Waals surface area (Å²) in [6.07, 6.45) is 0.583. The van der Waals surface area contributed by atoms with Gasteiger partial charge in [-0.2, -0.15) is 0 Å². The molecule has 0 unspecified atom stereocenters. The third kappa shape index (κ3) is 4.21. The highest BCUT2D eigenvalue weighted by Crippen LogP contribution is 2.20. The first-order chi connectivity index (χ1) is 7.42. The maximum Gasteiger partial charge on any atom is 0.250 e. The number of thiophene rings is 1. The summed E-state index contributed by atoms with van der Waals surface area (Å²) in [5.74, 6) is 0. The number of aryl methyl sites for hydroxylation is 1. The van der Waals surface area contributed by atoms with E-state index in [1.165, 1.54) is 11.3 Å². The number of carbonyl (C=O) groups excluding carboxylic acids is 1. The predicted octanol–water partition coefficient (Wildman–Crippen LogP) is 1.88. The maximum absolute atomic E-state index is 11.7. The molecule has 1 heterocycles. The highest BCUT2D eigenvalue weighted by molar-refractivity contribution is 7.91. The van der Waals surface area contributed by atoms with Crippen molar-refractivity contribution in [1.29, 1.82) is 0 Å². The first-order valence-corrected chi connectivity index (χ1v) is 7.34. The van der Waals surface area contributed by atoms with Gasteiger partial charge in [0.25, 0.3) is 0 Å². The lowest BCUT2D eigenvalue weighted by atomic mass is 10.3. The molecule has 1 aromatic heterocycles. The Morgan fingerprint density at radius 3 is 2.69 bits per heavy atom. The van der Waals surface area contributed by atoms with Crippen molar-refractivity contribution in [2.24, 2.45) is 0 Å². The van der Waals surface area contributed by atoms with E-state index >= 15 is 0 Å². The SMILES string of the molecule is Cc1ccc(S(=O)(=O)NCCCC(=O)Cl)s1. The Morgan fingerprint density at radius 2 is 2.19 bits per heavy atom. The summed E-state index contributed by atoms with van der Waals surface area (Å²) in [6, 6.07) is 3.32. The van der Waals surface area contributed by atoms with Gasteiger partial charge in [0.05, 0.1) is 0 Å². The molecule has 0 radical (unpaired) electrons. The minimum Gasteiger partial charge on any atom is -0.281 e. The molecule has 0 amide bonds. The van der Waals surface area contributed by atoms with E-state index in [2.05, 4.69) is 4.72 Å². The summed E-state index contributed by atoms with van der Waals surface area (Å²) >= 11 is 6.35. The number of hydrogen-bond acceptors (Lipinski definition) is 4. The summed E-state index contributed by atoms with van der Waals surface area (Å²) in [5.41, 5.74) is 0. The van der Waals surface area contributed by atoms with Gasteiger partial charge in [-0.25, -0.2) is 13.1 Å². The fourth-order valence-electron chi connectivity index (χ4n) is 1.06. The smallest absolute Gasteiger partial charge is 0.250 e. The summed E-state index contributed by atoms with van der Waals surface area (Å²) in [4.78, 5) is 11.4. The number of sulfonamides is 1. The Balaban J connectivity index is 2.50. The van der Waals surface area contributed by atoms with Gasteiger partial charge in [-0.15, -0.1) is 11.3 Å². The average Bonchev–Trinajstić information content (AvgIpc) is 2.60. The summed E-state index contributed by atoms with van der Waals surface area (Å²) in [6.45, 7) is 2.06. The molecule has 0 aromatic carbocycles. The van der Waals surface area contributed by atoms with E-state index in [4.69, 9.17) is 11.6 Å². The van der Waals surface area contributed by atoms with E-state index in [0.29, 0.717) is 10.6 Å². The van der Waals surface area contributed by atoms with Crippen LogP contribution in [0, 0.1) is 6.92 Å². The van der Waals surface area contributed by atoms with E-state index in [1.807, 2.05) is 6.92 Å². The molecule has 16 heavy (non-hydrogen) atoms. The van der Waals surface area contributed by atoms with Crippen LogP contribution in [0.3, 0.4) is 0 Å². The molecule has 0 aliphatic rings. The molecule has 1 N–H and O–H groups in total. The van der Waals surface area contributed by atoms with E-state index < -0.39 is 15.3 Å². The van der Waals surface area contributed by atoms with Gasteiger partial charge < -0.3 is 0 Å². The van der Waals surface area contributed by atoms with E-state index in [1.54, 1.807) is 12.1 Å². The van der Waals surface area contributed by atoms with Gasteiger partial charge in [-0.05, 0) is 37.1 Å². The van der Waals surface area contributed by atoms with E-state index in [-0.39, 0.29) is 13.0 Å². The van der Waals surface area contributed by atoms with Crippen LogP contribution in [0.5, 0.6) is 0 Å². The van der Waals surface area contributed by atoms with Crippen LogP contribution < -0.4 is 4.72 Å². The first kappa shape index (κ1) is 13.6. The number of halogens is 1. The van der Waals surface area contributed by atoms with E-state index in [0.717, 1.165) is 4.88 Å². The fourth-order valence-corrected chi connectivity index (χ4v) is 3.60. The van der Waals surface area contributed by atoms with Gasteiger partial charge in [0.15, 0.2) is 0 Å². The van der Waals surface area contributed by atoms with Gasteiger partial charge in [0, 0.05) is 17.8 Å². The molecule has 0 fully saturated rings. The largest absolute Gasteiger partial charge is 0.281 e. The van der Waals surface area contributed by atoms with Gasteiger partial charge in [0.2, 0.25) is 15.3 Å². The molecule has 1 aromatic rings. The third-order valence-electron chi connectivity index (χ3n) is 1.82. The second-order valence-electron chi connectivity index (χ2n) is 3.22. The highest BCUT2D eigenvalue weighted by Gasteiger charge is 2.15. The summed E-state index contributed by atoms with van der Waals surface area (Å²) in [7, 11) is -3.42. The van der Waals surface area contributed by atoms with Crippen LogP contribution >= 0.6 is 22.9 Å². The van der Waals surface area contributed by atoms with E-state index in [9.17, 15) is 13.2 Å². The second-order valence-corrected chi connectivity index (χ2v) is 6.92. The van der Waals surface area contributed by atoms with Crippen LogP contribution in [0.25, 0.3) is 0 Å². The van der Waals surface area contributed by atoms with Crippen molar-refractivity contribution in [3.63, 3.8) is 0 Å². The zero-order chi connectivity index (χ0) is 12.2. The van der Waals surface area contributed by atoms with Crippen molar-refractivity contribution in [2.45, 2.75) is 24.0 Å². The molecule has 90 valence electrons. The average molecular weight is 282 g/mol. The molecule has 0 saturated heterocycles. The minimum atomic E-state index is -3.42. The third-order valence-corrected chi connectivity index (χ3v) is 4.97. The van der Waals surface area contributed by atoms with Crippen LogP contribution in [0.1, 0.15) is 17.7 Å². The fraction of sp³-hybridized carbons (Fsp3) is 0.444. The molecule has 4 nitrogen and oxygen atoms in total. The normalized spacial score (nSPS) is 11.6. The van der Waals surface area contributed by atoms with Crippen molar-refractivity contribution in [2.75, 3.05) is 6.54 Å². The van der Waals surface area contributed by atoms with Crippen LogP contribution in [-0.4, -0.2) is 20.2 Å². The molecule has 0 saturated carbocycles. The Hall–Kier alpha value is -0.430. The lowest BCUT2D eigenvalue weighted by molar-refractivity contribution is -0.111. The Labute approximate surface area is 104 Å². The Bertz CT molecular complexity index is 467. The van der Waals surface area contributed by atoms with Crippen LogP contribution in [0.15, 0.2) is 16.3 Å². The maximum atomic E-state index is 11.7. The number of nitrogens with one attached hydrogen (secondary N) is 1. The summed E-state index contributed by atoms with van der Waals surface area (Å²) < 4.78 is 26.1. The van der Waals surface area contributed by atoms with Gasteiger partial charge in [-0.3, -0.25) is 4.79 Å². The number of rotatable bonds is 6. The van der Waals surface area contributed by atoms with Crippen LogP contribution in [0.4, 0.5) is 0 Å². The quantitative estimate of drug-likeness (QED) is 0.640. The van der Waals surface area contributed by atoms with Crippen molar-refractivity contribution < 1.29 is 13.2 Å². The molecule has 0 atom stereocenters. The van der Waals surface area contributed by atoms with Crippen molar-refractivity contribution in [3.8, 4) is 0 Å². The topological polar surface area (TPSA) is 63.2 Å². The second kappa shape index (κ2) is 5.77. The molecule has 0 aliphatic heterocycles. The zero-order valence-corrected chi connectivity index (χ0v) is 11.1. The molecule has 7 heteroatoms. The lowest BCUT2D eigenvalue weighted by Gasteiger charge is -2.02. The zero-order valence-electron chi connectivity index (χ0n) is 8.70. The van der Waals surface area contributed by atoms with Gasteiger partial charge in [0.1, 0.15) is 4.21 Å². The summed E-state index contributed by atoms with van der Waals surface area (Å²) in [5, 5.41) is -0.453. The van der Waals surface area contributed by atoms with Crippen molar-refractivity contribution in [3.05, 3.63) is 17.0 Å². The molecule has 0 bridgehead atoms. The Morgan fingerprint density at radius 1 is 1.50 bits per heavy atom. The standard InChI is InChI=1S/C9H12ClNO3S2/c1-7-4-5-9(15-7)16(13,14)11-6-2-3-8(10)12/h4-5,11H,2-3,6H2,1H3.